The fourth-order valence-corrected chi connectivity index (χ4v) is 0. The Morgan fingerprint density at radius 3 is 1.50 bits per heavy atom. The number of aliphatic carboxylic acids is 1. The molecule has 0 aliphatic rings. The molecular weight excluding hydrogens is 131 g/mol. The van der Waals surface area contributed by atoms with Gasteiger partial charge in [0.2, 0.25) is 0 Å². The lowest BCUT2D eigenvalue weighted by Gasteiger charge is -1.87. The third-order valence-corrected chi connectivity index (χ3v) is 0.201. The molecule has 0 spiro atoms. The van der Waals surface area contributed by atoms with Gasteiger partial charge in [0.15, 0.2) is 0 Å². The van der Waals surface area contributed by atoms with Gasteiger partial charge < -0.3 is 21.8 Å². The Morgan fingerprint density at radius 1 is 1.38 bits per heavy atom. The van der Waals surface area contributed by atoms with Crippen molar-refractivity contribution in [2.75, 3.05) is 0 Å². The molecule has 0 radical (unpaired) electrons. The Labute approximate surface area is 49.4 Å². The van der Waals surface area contributed by atoms with E-state index >= 15 is 0 Å². The summed E-state index contributed by atoms with van der Waals surface area (Å²) in [5, 5.41) is 9.11. The number of primary amides is 1. The van der Waals surface area contributed by atoms with Gasteiger partial charge in [-0.05, 0) is 0 Å². The highest BCUT2D eigenvalue weighted by atomic mass is 31.0. The molecule has 1 unspecified atom stereocenters. The second-order valence-corrected chi connectivity index (χ2v) is 0.652. The lowest BCUT2D eigenvalue weighted by atomic mass is 10.7. The van der Waals surface area contributed by atoms with Gasteiger partial charge in [0.1, 0.15) is 5.97 Å². The van der Waals surface area contributed by atoms with Gasteiger partial charge in [0.25, 0.3) is 5.91 Å². The monoisotopic (exact) mass is 140 g/mol. The first-order valence-corrected chi connectivity index (χ1v) is 1.15. The highest BCUT2D eigenvalue weighted by Gasteiger charge is 1.86. The van der Waals surface area contributed by atoms with Crippen molar-refractivity contribution in [2.24, 2.45) is 5.73 Å². The molecule has 0 saturated heterocycles. The first kappa shape index (κ1) is 15.7. The Bertz CT molecular complexity index is 81.3. The van der Waals surface area contributed by atoms with Crippen LogP contribution in [-0.4, -0.2) is 11.9 Å². The third-order valence-electron chi connectivity index (χ3n) is 0.201. The molecule has 0 rings (SSSR count). The van der Waals surface area contributed by atoms with Crippen LogP contribution in [0.2, 0.25) is 0 Å². The van der Waals surface area contributed by atoms with E-state index < -0.39 is 11.9 Å². The van der Waals surface area contributed by atoms with E-state index in [2.05, 4.69) is 5.73 Å². The number of hydrogen-bond donors (Lipinski definition) is 2. The van der Waals surface area contributed by atoms with E-state index in [4.69, 9.17) is 9.90 Å². The average Bonchev–Trinajstić information content (AvgIpc) is 1.36. The van der Waals surface area contributed by atoms with Crippen molar-refractivity contribution < 1.29 is 14.7 Å². The fraction of sp³-hybridized carbons (Fsp3) is 0. The number of nitrogens with two attached hydrogens (primary N) is 1. The molecule has 0 saturated carbocycles. The minimum Gasteiger partial charge on any atom is -0.540 e. The summed E-state index contributed by atoms with van der Waals surface area (Å²) in [6.45, 7) is 0. The van der Waals surface area contributed by atoms with E-state index in [0.29, 0.717) is 0 Å². The average molecular weight is 140 g/mol. The first-order valence-electron chi connectivity index (χ1n) is 1.15. The van der Waals surface area contributed by atoms with Crippen molar-refractivity contribution in [2.45, 2.75) is 0 Å². The summed E-state index contributed by atoms with van der Waals surface area (Å²) in [6.07, 6.45) is 0. The van der Waals surface area contributed by atoms with Gasteiger partial charge in [-0.25, -0.2) is 0 Å². The molecule has 0 aliphatic carbocycles. The SMILES string of the molecule is NC(=O)C(=O)[O-].P.[NH4+]. The predicted molar refractivity (Wildman–Crippen MR) is 31.3 cm³/mol. The van der Waals surface area contributed by atoms with Crippen molar-refractivity contribution in [3.05, 3.63) is 0 Å². The summed E-state index contributed by atoms with van der Waals surface area (Å²) in [4.78, 5) is 18.4. The molecule has 0 aromatic heterocycles. The number of carboxylic acid groups (broad SMARTS) is 1. The molecule has 5 nitrogen and oxygen atoms in total. The van der Waals surface area contributed by atoms with Crippen LogP contribution in [0.15, 0.2) is 0 Å². The number of rotatable bonds is 0. The van der Waals surface area contributed by atoms with Gasteiger partial charge in [0, 0.05) is 0 Å². The van der Waals surface area contributed by atoms with E-state index in [0.717, 1.165) is 0 Å². The van der Waals surface area contributed by atoms with Gasteiger partial charge in [-0.1, -0.05) is 0 Å². The molecule has 0 aromatic rings. The van der Waals surface area contributed by atoms with Crippen molar-refractivity contribution in [1.82, 2.24) is 6.15 Å². The molecule has 0 aromatic carbocycles. The van der Waals surface area contributed by atoms with Gasteiger partial charge in [-0.2, -0.15) is 9.90 Å². The second-order valence-electron chi connectivity index (χ2n) is 0.652. The van der Waals surface area contributed by atoms with E-state index in [1.165, 1.54) is 0 Å². The summed E-state index contributed by atoms with van der Waals surface area (Å²) >= 11 is 0. The summed E-state index contributed by atoms with van der Waals surface area (Å²) in [5.41, 5.74) is 4.13. The first-order chi connectivity index (χ1) is 2.64. The highest BCUT2D eigenvalue weighted by Crippen LogP contribution is 1.43. The van der Waals surface area contributed by atoms with Crippen molar-refractivity contribution in [3.8, 4) is 0 Å². The molecule has 1 amide bonds. The summed E-state index contributed by atoms with van der Waals surface area (Å²) < 4.78 is 0. The van der Waals surface area contributed by atoms with E-state index in [1.54, 1.807) is 0 Å². The van der Waals surface area contributed by atoms with Gasteiger partial charge in [-0.3, -0.25) is 4.79 Å². The van der Waals surface area contributed by atoms with Crippen LogP contribution >= 0.6 is 9.90 Å². The molecule has 0 aliphatic heterocycles. The maximum absolute atomic E-state index is 9.26. The fourth-order valence-electron chi connectivity index (χ4n) is 0. The molecule has 6 heteroatoms. The van der Waals surface area contributed by atoms with E-state index in [1.807, 2.05) is 0 Å². The van der Waals surface area contributed by atoms with Crippen LogP contribution in [0.5, 0.6) is 0 Å². The maximum atomic E-state index is 9.26. The molecule has 8 heavy (non-hydrogen) atoms. The molecule has 0 bridgehead atoms. The van der Waals surface area contributed by atoms with Crippen molar-refractivity contribution >= 4 is 21.8 Å². The lowest BCUT2D eigenvalue weighted by molar-refractivity contribution is -0.299. The maximum Gasteiger partial charge on any atom is 0.264 e. The Kier molecular flexibility index (Phi) is 12.4. The number of quaternary nitrogens is 1. The van der Waals surface area contributed by atoms with Crippen molar-refractivity contribution in [3.63, 3.8) is 0 Å². The van der Waals surface area contributed by atoms with Crippen LogP contribution < -0.4 is 17.0 Å². The lowest BCUT2D eigenvalue weighted by Crippen LogP contribution is -2.36. The topological polar surface area (TPSA) is 120 Å². The van der Waals surface area contributed by atoms with Crippen LogP contribution in [0.4, 0.5) is 0 Å². The number of carbonyl (C=O) groups excluding carboxylic acids is 2. The zero-order valence-electron chi connectivity index (χ0n) is 4.51. The predicted octanol–water partition coefficient (Wildman–Crippen LogP) is -2.34. The molecule has 0 fully saturated rings. The quantitative estimate of drug-likeness (QED) is 0.289. The third kappa shape index (κ3) is 9.01. The summed E-state index contributed by atoms with van der Waals surface area (Å²) in [5.74, 6) is -3.29. The zero-order valence-corrected chi connectivity index (χ0v) is 5.92. The molecule has 50 valence electrons. The normalized spacial score (nSPS) is 5.50. The van der Waals surface area contributed by atoms with Crippen LogP contribution in [0.1, 0.15) is 0 Å². The van der Waals surface area contributed by atoms with Crippen LogP contribution in [0.25, 0.3) is 0 Å². The second kappa shape index (κ2) is 6.33. The van der Waals surface area contributed by atoms with Gasteiger partial charge in [0.05, 0.1) is 0 Å². The number of carboxylic acids is 1. The minimum atomic E-state index is -1.85. The number of hydrogen-bond acceptors (Lipinski definition) is 3. The molecule has 1 atom stereocenters. The Hall–Kier alpha value is -0.670. The summed E-state index contributed by atoms with van der Waals surface area (Å²) in [6, 6.07) is 0. The number of amides is 1. The molecular formula is C2H9N2O3P. The van der Waals surface area contributed by atoms with E-state index in [-0.39, 0.29) is 16.0 Å². The Balaban J connectivity index is -0.000000125. The van der Waals surface area contributed by atoms with Crippen LogP contribution in [0.3, 0.4) is 0 Å². The molecule has 0 heterocycles. The minimum absolute atomic E-state index is 0. The van der Waals surface area contributed by atoms with Gasteiger partial charge >= 0.3 is 0 Å². The largest absolute Gasteiger partial charge is 0.540 e. The van der Waals surface area contributed by atoms with Crippen molar-refractivity contribution in [1.29, 1.82) is 0 Å². The van der Waals surface area contributed by atoms with Gasteiger partial charge in [-0.15, -0.1) is 0 Å². The smallest absolute Gasteiger partial charge is 0.264 e. The zero-order chi connectivity index (χ0) is 5.15. The Morgan fingerprint density at radius 2 is 1.50 bits per heavy atom. The van der Waals surface area contributed by atoms with Crippen LogP contribution in [0, 0.1) is 0 Å². The van der Waals surface area contributed by atoms with Crippen LogP contribution in [-0.2, 0) is 9.59 Å². The molecule has 6 N–H and O–H groups in total. The summed E-state index contributed by atoms with van der Waals surface area (Å²) in [7, 11) is 0. The number of carbonyl (C=O) groups is 2. The highest BCUT2D eigenvalue weighted by molar-refractivity contribution is 6.92. The van der Waals surface area contributed by atoms with E-state index in [9.17, 15) is 4.79 Å². The standard InChI is InChI=1S/C2H3NO3.H3N.H3P/c3-1(4)2(5)6;;/h(H2,3,4)(H,5,6);2*1H3.